The van der Waals surface area contributed by atoms with Crippen molar-refractivity contribution in [3.05, 3.63) is 23.4 Å². The second-order valence-electron chi connectivity index (χ2n) is 7.78. The summed E-state index contributed by atoms with van der Waals surface area (Å²) in [4.78, 5) is 15.6. The highest BCUT2D eigenvalue weighted by molar-refractivity contribution is 6.03. The summed E-state index contributed by atoms with van der Waals surface area (Å²) in [5, 5.41) is 11.4. The predicted molar refractivity (Wildman–Crippen MR) is 89.0 cm³/mol. The molecule has 0 aliphatic rings. The molecule has 0 atom stereocenters. The zero-order chi connectivity index (χ0) is 16.9. The van der Waals surface area contributed by atoms with Crippen molar-refractivity contribution in [1.29, 1.82) is 0 Å². The smallest absolute Gasteiger partial charge is 0.185 e. The van der Waals surface area contributed by atoms with Gasteiger partial charge in [0.1, 0.15) is 0 Å². The van der Waals surface area contributed by atoms with Crippen LogP contribution in [0.15, 0.2) is 12.1 Å². The van der Waals surface area contributed by atoms with E-state index in [9.17, 15) is 9.90 Å². The molecule has 4 nitrogen and oxygen atoms in total. The van der Waals surface area contributed by atoms with E-state index >= 15 is 0 Å². The number of methoxy groups -OCH3 is 1. The Morgan fingerprint density at radius 1 is 1.14 bits per heavy atom. The maximum atomic E-state index is 12.5. The molecule has 1 aromatic carbocycles. The Morgan fingerprint density at radius 3 is 2.18 bits per heavy atom. The van der Waals surface area contributed by atoms with Gasteiger partial charge in [0.2, 0.25) is 0 Å². The van der Waals surface area contributed by atoms with Gasteiger partial charge in [-0.05, 0) is 17.5 Å². The molecule has 0 saturated carbocycles. The van der Waals surface area contributed by atoms with Crippen LogP contribution in [0.1, 0.15) is 57.6 Å². The number of Topliss-reactive ketones (excluding diaryl/α,β-unsaturated/α-hetero) is 1. The van der Waals surface area contributed by atoms with Gasteiger partial charge in [0, 0.05) is 16.4 Å². The van der Waals surface area contributed by atoms with Crippen molar-refractivity contribution in [2.24, 2.45) is 5.41 Å². The molecule has 2 aromatic rings. The summed E-state index contributed by atoms with van der Waals surface area (Å²) in [7, 11) is 1.52. The van der Waals surface area contributed by atoms with Gasteiger partial charge < -0.3 is 14.8 Å². The zero-order valence-electron chi connectivity index (χ0n) is 14.4. The molecule has 0 fully saturated rings. The number of ketones is 1. The Morgan fingerprint density at radius 2 is 1.73 bits per heavy atom. The molecule has 0 spiro atoms. The molecule has 0 radical (unpaired) electrons. The van der Waals surface area contributed by atoms with Crippen molar-refractivity contribution < 1.29 is 14.6 Å². The Labute approximate surface area is 131 Å². The lowest BCUT2D eigenvalue weighted by Gasteiger charge is -2.22. The number of carbonyl (C=O) groups is 1. The monoisotopic (exact) mass is 303 g/mol. The van der Waals surface area contributed by atoms with Gasteiger partial charge in [0.25, 0.3) is 0 Å². The van der Waals surface area contributed by atoms with Gasteiger partial charge in [0.05, 0.1) is 18.3 Å². The van der Waals surface area contributed by atoms with Crippen molar-refractivity contribution in [2.45, 2.75) is 47.0 Å². The fraction of sp³-hybridized carbons (Fsp3) is 0.500. The summed E-state index contributed by atoms with van der Waals surface area (Å²) in [6, 6.07) is 3.75. The SMILES string of the molecule is COc1c(O)c(C(C)(C)C)cc2cc(C(=O)C(C)(C)C)[nH]c12. The molecule has 0 amide bonds. The molecule has 2 rings (SSSR count). The second-order valence-corrected chi connectivity index (χ2v) is 7.78. The van der Waals surface area contributed by atoms with E-state index in [0.717, 1.165) is 10.9 Å². The summed E-state index contributed by atoms with van der Waals surface area (Å²) in [5.74, 6) is 0.539. The number of aromatic hydroxyl groups is 1. The number of benzene rings is 1. The number of hydrogen-bond donors (Lipinski definition) is 2. The molecule has 0 bridgehead atoms. The van der Waals surface area contributed by atoms with Crippen LogP contribution in [0.2, 0.25) is 0 Å². The number of H-pyrrole nitrogens is 1. The number of nitrogens with one attached hydrogen (secondary N) is 1. The minimum atomic E-state index is -0.469. The van der Waals surface area contributed by atoms with E-state index in [2.05, 4.69) is 4.98 Å². The second kappa shape index (κ2) is 5.04. The van der Waals surface area contributed by atoms with Gasteiger partial charge in [-0.2, -0.15) is 0 Å². The van der Waals surface area contributed by atoms with Gasteiger partial charge in [0.15, 0.2) is 17.3 Å². The van der Waals surface area contributed by atoms with Gasteiger partial charge >= 0.3 is 0 Å². The van der Waals surface area contributed by atoms with E-state index in [1.54, 1.807) is 0 Å². The Kier molecular flexibility index (Phi) is 3.76. The minimum Gasteiger partial charge on any atom is -0.504 e. The van der Waals surface area contributed by atoms with Crippen LogP contribution >= 0.6 is 0 Å². The fourth-order valence-corrected chi connectivity index (χ4v) is 2.53. The van der Waals surface area contributed by atoms with Crippen molar-refractivity contribution in [3.63, 3.8) is 0 Å². The fourth-order valence-electron chi connectivity index (χ4n) is 2.53. The summed E-state index contributed by atoms with van der Waals surface area (Å²) in [5.41, 5.74) is 1.29. The summed E-state index contributed by atoms with van der Waals surface area (Å²) < 4.78 is 5.38. The number of aromatic nitrogens is 1. The van der Waals surface area contributed by atoms with E-state index in [4.69, 9.17) is 4.74 Å². The van der Waals surface area contributed by atoms with Crippen molar-refractivity contribution in [1.82, 2.24) is 4.98 Å². The van der Waals surface area contributed by atoms with Crippen LogP contribution in [0.25, 0.3) is 10.9 Å². The normalized spacial score (nSPS) is 12.7. The molecule has 4 heteroatoms. The average Bonchev–Trinajstić information content (AvgIpc) is 2.78. The average molecular weight is 303 g/mol. The number of carbonyl (C=O) groups excluding carboxylic acids is 1. The third-order valence-electron chi connectivity index (χ3n) is 3.78. The van der Waals surface area contributed by atoms with Crippen LogP contribution in [0, 0.1) is 5.41 Å². The number of hydrogen-bond acceptors (Lipinski definition) is 3. The van der Waals surface area contributed by atoms with Gasteiger partial charge in [-0.15, -0.1) is 0 Å². The predicted octanol–water partition coefficient (Wildman–Crippen LogP) is 4.41. The lowest BCUT2D eigenvalue weighted by molar-refractivity contribution is 0.0854. The molecular weight excluding hydrogens is 278 g/mol. The standard InChI is InChI=1S/C18H25NO3/c1-17(2,3)11-8-10-9-12(16(21)18(4,5)6)19-13(10)15(22-7)14(11)20/h8-9,19-20H,1-7H3. The van der Waals surface area contributed by atoms with E-state index in [0.29, 0.717) is 17.0 Å². The van der Waals surface area contributed by atoms with E-state index in [-0.39, 0.29) is 16.9 Å². The molecule has 120 valence electrons. The third-order valence-corrected chi connectivity index (χ3v) is 3.78. The van der Waals surface area contributed by atoms with Crippen molar-refractivity contribution in [3.8, 4) is 11.5 Å². The maximum Gasteiger partial charge on any atom is 0.185 e. The van der Waals surface area contributed by atoms with Gasteiger partial charge in [-0.25, -0.2) is 0 Å². The van der Waals surface area contributed by atoms with Crippen LogP contribution < -0.4 is 4.74 Å². The number of rotatable bonds is 2. The number of phenols is 1. The first-order valence-corrected chi connectivity index (χ1v) is 7.44. The third kappa shape index (κ3) is 2.70. The molecule has 1 aromatic heterocycles. The highest BCUT2D eigenvalue weighted by Crippen LogP contribution is 2.43. The molecule has 1 heterocycles. The Balaban J connectivity index is 2.74. The largest absolute Gasteiger partial charge is 0.504 e. The molecule has 2 N–H and O–H groups in total. The first-order valence-electron chi connectivity index (χ1n) is 7.44. The summed E-state index contributed by atoms with van der Waals surface area (Å²) in [6.07, 6.45) is 0. The number of fused-ring (bicyclic) bond motifs is 1. The number of phenolic OH excluding ortho intramolecular Hbond substituents is 1. The zero-order valence-corrected chi connectivity index (χ0v) is 14.4. The van der Waals surface area contributed by atoms with Crippen molar-refractivity contribution >= 4 is 16.7 Å². The van der Waals surface area contributed by atoms with Crippen molar-refractivity contribution in [2.75, 3.05) is 7.11 Å². The Bertz CT molecular complexity index is 727. The Hall–Kier alpha value is -1.97. The lowest BCUT2D eigenvalue weighted by atomic mass is 9.85. The lowest BCUT2D eigenvalue weighted by Crippen LogP contribution is -2.20. The van der Waals surface area contributed by atoms with Crippen LogP contribution in [0.5, 0.6) is 11.5 Å². The highest BCUT2D eigenvalue weighted by atomic mass is 16.5. The number of ether oxygens (including phenoxy) is 1. The van der Waals surface area contributed by atoms with E-state index < -0.39 is 5.41 Å². The number of aromatic amines is 1. The molecule has 0 saturated heterocycles. The topological polar surface area (TPSA) is 62.3 Å². The molecule has 0 unspecified atom stereocenters. The minimum absolute atomic E-state index is 0.0301. The molecule has 22 heavy (non-hydrogen) atoms. The quantitative estimate of drug-likeness (QED) is 0.808. The van der Waals surface area contributed by atoms with Gasteiger partial charge in [-0.1, -0.05) is 41.5 Å². The van der Waals surface area contributed by atoms with Gasteiger partial charge in [-0.3, -0.25) is 4.79 Å². The highest BCUT2D eigenvalue weighted by Gasteiger charge is 2.27. The van der Waals surface area contributed by atoms with Crippen LogP contribution in [-0.2, 0) is 5.41 Å². The molecular formula is C18H25NO3. The first-order chi connectivity index (χ1) is 9.96. The van der Waals surface area contributed by atoms with Crippen LogP contribution in [0.3, 0.4) is 0 Å². The van der Waals surface area contributed by atoms with E-state index in [1.165, 1.54) is 7.11 Å². The summed E-state index contributed by atoms with van der Waals surface area (Å²) in [6.45, 7) is 11.7. The first kappa shape index (κ1) is 16.4. The maximum absolute atomic E-state index is 12.5. The summed E-state index contributed by atoms with van der Waals surface area (Å²) >= 11 is 0. The van der Waals surface area contributed by atoms with Crippen LogP contribution in [-0.4, -0.2) is 23.0 Å². The van der Waals surface area contributed by atoms with E-state index in [1.807, 2.05) is 53.7 Å². The molecule has 0 aliphatic carbocycles. The molecule has 0 aliphatic heterocycles. The van der Waals surface area contributed by atoms with Crippen LogP contribution in [0.4, 0.5) is 0 Å².